The quantitative estimate of drug-likeness (QED) is 0.491. The van der Waals surface area contributed by atoms with E-state index in [1.165, 1.54) is 36.1 Å². The monoisotopic (exact) mass is 338 g/mol. The molecule has 1 saturated heterocycles. The highest BCUT2D eigenvalue weighted by Crippen LogP contribution is 2.23. The van der Waals surface area contributed by atoms with Gasteiger partial charge in [0.25, 0.3) is 5.91 Å². The molecule has 1 aliphatic carbocycles. The van der Waals surface area contributed by atoms with Gasteiger partial charge in [0.05, 0.1) is 6.54 Å². The average molecular weight is 338 g/mol. The van der Waals surface area contributed by atoms with E-state index in [-0.39, 0.29) is 6.54 Å². The zero-order valence-electron chi connectivity index (χ0n) is 13.6. The third-order valence-electron chi connectivity index (χ3n) is 4.29. The predicted molar refractivity (Wildman–Crippen MR) is 90.6 cm³/mol. The molecule has 1 aromatic carbocycles. The summed E-state index contributed by atoms with van der Waals surface area (Å²) in [5.41, 5.74) is 2.87. The molecule has 2 aliphatic rings. The van der Waals surface area contributed by atoms with Crippen molar-refractivity contribution in [1.29, 1.82) is 0 Å². The van der Waals surface area contributed by atoms with Gasteiger partial charge in [0, 0.05) is 17.2 Å². The van der Waals surface area contributed by atoms with Crippen molar-refractivity contribution in [3.05, 3.63) is 29.8 Å². The van der Waals surface area contributed by atoms with Crippen LogP contribution in [0.2, 0.25) is 0 Å². The van der Waals surface area contributed by atoms with Gasteiger partial charge in [-0.15, -0.1) is 0 Å². The Morgan fingerprint density at radius 3 is 2.60 bits per heavy atom. The van der Waals surface area contributed by atoms with E-state index in [9.17, 15) is 9.59 Å². The van der Waals surface area contributed by atoms with Gasteiger partial charge in [0.2, 0.25) is 6.10 Å². The van der Waals surface area contributed by atoms with Crippen LogP contribution in [-0.2, 0) is 9.53 Å². The number of rotatable bonds is 2. The summed E-state index contributed by atoms with van der Waals surface area (Å²) in [6.45, 7) is 0.0448. The molecular formula is C19H18N2O4. The number of anilines is 1. The van der Waals surface area contributed by atoms with Gasteiger partial charge in [0.15, 0.2) is 0 Å². The fraction of sp³-hybridized carbons (Fsp3) is 0.368. The van der Waals surface area contributed by atoms with Crippen LogP contribution in [0.3, 0.4) is 0 Å². The maximum absolute atomic E-state index is 11.8. The van der Waals surface area contributed by atoms with Crippen LogP contribution in [0.1, 0.15) is 31.2 Å². The number of carbonyl (C=O) groups is 2. The first-order valence-corrected chi connectivity index (χ1v) is 8.21. The van der Waals surface area contributed by atoms with E-state index in [1.54, 1.807) is 24.3 Å². The standard InChI is InChI=1S/C19H18N2O4/c22-18(20-24)17-13-21(19(23)25-17)16-11-9-15(10-12-16)8-4-3-7-14-5-1-2-6-14/h9-12,14,17,24H,1-2,5-6,13H2,(H,20,22)/t17-/m0/s1. The lowest BCUT2D eigenvalue weighted by atomic mass is 10.1. The second kappa shape index (κ2) is 7.74. The Hall–Kier alpha value is -2.96. The van der Waals surface area contributed by atoms with Gasteiger partial charge >= 0.3 is 6.09 Å². The molecular weight excluding hydrogens is 320 g/mol. The van der Waals surface area contributed by atoms with E-state index >= 15 is 0 Å². The van der Waals surface area contributed by atoms with E-state index in [0.717, 1.165) is 5.56 Å². The van der Waals surface area contributed by atoms with Crippen LogP contribution >= 0.6 is 0 Å². The largest absolute Gasteiger partial charge is 0.434 e. The third-order valence-corrected chi connectivity index (χ3v) is 4.29. The van der Waals surface area contributed by atoms with Crippen LogP contribution in [0.25, 0.3) is 0 Å². The minimum Gasteiger partial charge on any atom is -0.434 e. The molecule has 2 amide bonds. The van der Waals surface area contributed by atoms with Crippen LogP contribution in [0.4, 0.5) is 10.5 Å². The molecule has 0 bridgehead atoms. The van der Waals surface area contributed by atoms with E-state index in [2.05, 4.69) is 23.7 Å². The highest BCUT2D eigenvalue weighted by molar-refractivity contribution is 5.95. The summed E-state index contributed by atoms with van der Waals surface area (Å²) in [6.07, 6.45) is 3.20. The lowest BCUT2D eigenvalue weighted by Crippen LogP contribution is -2.35. The third kappa shape index (κ3) is 4.12. The van der Waals surface area contributed by atoms with Crippen molar-refractivity contribution in [2.75, 3.05) is 11.4 Å². The summed E-state index contributed by atoms with van der Waals surface area (Å²) in [5, 5.41) is 8.61. The lowest BCUT2D eigenvalue weighted by Gasteiger charge is -2.12. The first-order valence-electron chi connectivity index (χ1n) is 8.21. The zero-order chi connectivity index (χ0) is 17.6. The van der Waals surface area contributed by atoms with E-state index in [1.807, 2.05) is 0 Å². The molecule has 3 rings (SSSR count). The number of cyclic esters (lactones) is 1. The van der Waals surface area contributed by atoms with Crippen molar-refractivity contribution in [3.8, 4) is 23.7 Å². The first-order chi connectivity index (χ1) is 12.2. The summed E-state index contributed by atoms with van der Waals surface area (Å²) in [7, 11) is 0. The molecule has 2 fully saturated rings. The number of carbonyl (C=O) groups excluding carboxylic acids is 2. The lowest BCUT2D eigenvalue weighted by molar-refractivity contribution is -0.136. The summed E-state index contributed by atoms with van der Waals surface area (Å²) in [6, 6.07) is 7.03. The number of hydrogen-bond acceptors (Lipinski definition) is 4. The molecule has 6 heteroatoms. The fourth-order valence-corrected chi connectivity index (χ4v) is 2.92. The molecule has 25 heavy (non-hydrogen) atoms. The van der Waals surface area contributed by atoms with Crippen LogP contribution < -0.4 is 10.4 Å². The summed E-state index contributed by atoms with van der Waals surface area (Å²) >= 11 is 0. The van der Waals surface area contributed by atoms with Gasteiger partial charge in [-0.05, 0) is 48.9 Å². The number of hydroxylamine groups is 1. The minimum absolute atomic E-state index is 0.0448. The Bertz CT molecular complexity index is 774. The fourth-order valence-electron chi connectivity index (χ4n) is 2.92. The van der Waals surface area contributed by atoms with E-state index < -0.39 is 18.1 Å². The zero-order valence-corrected chi connectivity index (χ0v) is 13.6. The molecule has 1 aliphatic heterocycles. The van der Waals surface area contributed by atoms with Crippen molar-refractivity contribution < 1.29 is 19.5 Å². The number of nitrogens with zero attached hydrogens (tertiary/aromatic N) is 1. The van der Waals surface area contributed by atoms with Gasteiger partial charge < -0.3 is 4.74 Å². The molecule has 128 valence electrons. The molecule has 1 aromatic rings. The minimum atomic E-state index is -1.03. The van der Waals surface area contributed by atoms with Gasteiger partial charge in [-0.1, -0.05) is 24.7 Å². The van der Waals surface area contributed by atoms with Crippen LogP contribution in [0, 0.1) is 29.6 Å². The molecule has 1 heterocycles. The average Bonchev–Trinajstić information content (AvgIpc) is 3.28. The van der Waals surface area contributed by atoms with Crippen LogP contribution in [0.5, 0.6) is 0 Å². The number of nitrogens with one attached hydrogen (secondary N) is 1. The van der Waals surface area contributed by atoms with Crippen molar-refractivity contribution in [3.63, 3.8) is 0 Å². The van der Waals surface area contributed by atoms with Crippen molar-refractivity contribution in [1.82, 2.24) is 5.48 Å². The maximum Gasteiger partial charge on any atom is 0.415 e. The van der Waals surface area contributed by atoms with Gasteiger partial charge in [-0.2, -0.15) is 0 Å². The van der Waals surface area contributed by atoms with Crippen molar-refractivity contribution in [2.24, 2.45) is 5.92 Å². The number of ether oxygens (including phenoxy) is 1. The highest BCUT2D eigenvalue weighted by Gasteiger charge is 2.36. The first kappa shape index (κ1) is 16.9. The summed E-state index contributed by atoms with van der Waals surface area (Å²) < 4.78 is 4.91. The van der Waals surface area contributed by atoms with Gasteiger partial charge in [0.1, 0.15) is 0 Å². The van der Waals surface area contributed by atoms with Crippen LogP contribution in [0.15, 0.2) is 24.3 Å². The van der Waals surface area contributed by atoms with E-state index in [4.69, 9.17) is 9.94 Å². The smallest absolute Gasteiger partial charge is 0.415 e. The molecule has 0 aromatic heterocycles. The predicted octanol–water partition coefficient (Wildman–Crippen LogP) is 2.06. The topological polar surface area (TPSA) is 78.9 Å². The second-order valence-electron chi connectivity index (χ2n) is 6.01. The molecule has 0 spiro atoms. The second-order valence-corrected chi connectivity index (χ2v) is 6.01. The SMILES string of the molecule is O=C(NO)[C@@H]1CN(c2ccc(C#CC#CC3CCCC3)cc2)C(=O)O1. The van der Waals surface area contributed by atoms with E-state index in [0.29, 0.717) is 11.6 Å². The Balaban J connectivity index is 1.62. The number of hydrogen-bond donors (Lipinski definition) is 2. The molecule has 2 N–H and O–H groups in total. The maximum atomic E-state index is 11.8. The normalized spacial score (nSPS) is 19.5. The molecule has 6 nitrogen and oxygen atoms in total. The van der Waals surface area contributed by atoms with Crippen molar-refractivity contribution >= 4 is 17.7 Å². The number of benzene rings is 1. The summed E-state index contributed by atoms with van der Waals surface area (Å²) in [4.78, 5) is 24.5. The highest BCUT2D eigenvalue weighted by atomic mass is 16.6. The number of amides is 2. The molecule has 0 unspecified atom stereocenters. The summed E-state index contributed by atoms with van der Waals surface area (Å²) in [5.74, 6) is 11.7. The Labute approximate surface area is 146 Å². The Kier molecular flexibility index (Phi) is 5.23. The van der Waals surface area contributed by atoms with Crippen molar-refractivity contribution in [2.45, 2.75) is 31.8 Å². The van der Waals surface area contributed by atoms with Gasteiger partial charge in [-0.25, -0.2) is 10.3 Å². The van der Waals surface area contributed by atoms with Crippen LogP contribution in [-0.4, -0.2) is 29.9 Å². The molecule has 0 radical (unpaired) electrons. The molecule has 1 atom stereocenters. The Morgan fingerprint density at radius 2 is 1.92 bits per heavy atom. The van der Waals surface area contributed by atoms with Gasteiger partial charge in [-0.3, -0.25) is 14.9 Å². The molecule has 1 saturated carbocycles. The Morgan fingerprint density at radius 1 is 1.20 bits per heavy atom.